The van der Waals surface area contributed by atoms with E-state index in [1.807, 2.05) is 6.07 Å². The lowest BCUT2D eigenvalue weighted by Gasteiger charge is -2.33. The Labute approximate surface area is 113 Å². The zero-order valence-electron chi connectivity index (χ0n) is 11.0. The number of aromatic nitrogens is 2. The molecule has 1 aromatic rings. The van der Waals surface area contributed by atoms with Gasteiger partial charge in [0.1, 0.15) is 18.0 Å². The second kappa shape index (κ2) is 5.71. The van der Waals surface area contributed by atoms with Gasteiger partial charge in [0.2, 0.25) is 0 Å². The van der Waals surface area contributed by atoms with Crippen LogP contribution in [-0.2, 0) is 4.74 Å². The monoisotopic (exact) mass is 264 g/mol. The molecule has 0 aromatic carbocycles. The van der Waals surface area contributed by atoms with Crippen LogP contribution in [0.2, 0.25) is 0 Å². The minimum absolute atomic E-state index is 0.0561. The van der Waals surface area contributed by atoms with E-state index in [0.29, 0.717) is 13.2 Å². The van der Waals surface area contributed by atoms with Crippen molar-refractivity contribution >= 4 is 11.6 Å². The first-order valence-corrected chi connectivity index (χ1v) is 6.91. The summed E-state index contributed by atoms with van der Waals surface area (Å²) in [6.07, 6.45) is 4.00. The smallest absolute Gasteiger partial charge is 0.134 e. The highest BCUT2D eigenvalue weighted by Crippen LogP contribution is 2.22. The van der Waals surface area contributed by atoms with Crippen molar-refractivity contribution in [3.8, 4) is 0 Å². The summed E-state index contributed by atoms with van der Waals surface area (Å²) in [6, 6.07) is 2.05. The zero-order chi connectivity index (χ0) is 13.1. The van der Waals surface area contributed by atoms with Gasteiger partial charge >= 0.3 is 0 Å². The molecule has 0 aliphatic carbocycles. The molecule has 19 heavy (non-hydrogen) atoms. The molecule has 2 aliphatic heterocycles. The molecular weight excluding hydrogens is 244 g/mol. The molecule has 1 N–H and O–H groups in total. The van der Waals surface area contributed by atoms with Gasteiger partial charge in [-0.3, -0.25) is 0 Å². The van der Waals surface area contributed by atoms with Gasteiger partial charge in [-0.2, -0.15) is 0 Å². The highest BCUT2D eigenvalue weighted by Gasteiger charge is 2.22. The molecule has 0 saturated carbocycles. The summed E-state index contributed by atoms with van der Waals surface area (Å²) in [5.74, 6) is 1.94. The van der Waals surface area contributed by atoms with Gasteiger partial charge in [0.15, 0.2) is 0 Å². The van der Waals surface area contributed by atoms with Gasteiger partial charge in [0.05, 0.1) is 19.3 Å². The quantitative estimate of drug-likeness (QED) is 0.846. The summed E-state index contributed by atoms with van der Waals surface area (Å²) in [5.41, 5.74) is 0. The van der Waals surface area contributed by atoms with E-state index in [9.17, 15) is 5.11 Å². The standard InChI is InChI=1S/C13H20N4O2/c18-9-11-8-17(5-6-19-11)13-7-12(14-10-15-13)16-3-1-2-4-16/h7,10-11,18H,1-6,8-9H2. The average Bonchev–Trinajstić information content (AvgIpc) is 3.02. The third-order valence-electron chi connectivity index (χ3n) is 3.73. The van der Waals surface area contributed by atoms with Crippen LogP contribution in [0, 0.1) is 0 Å². The fourth-order valence-electron chi connectivity index (χ4n) is 2.67. The van der Waals surface area contributed by atoms with E-state index < -0.39 is 0 Å². The van der Waals surface area contributed by atoms with Crippen molar-refractivity contribution in [2.24, 2.45) is 0 Å². The van der Waals surface area contributed by atoms with Crippen molar-refractivity contribution in [2.75, 3.05) is 49.2 Å². The molecular formula is C13H20N4O2. The molecule has 1 unspecified atom stereocenters. The van der Waals surface area contributed by atoms with Crippen molar-refractivity contribution in [3.63, 3.8) is 0 Å². The predicted octanol–water partition coefficient (Wildman–Crippen LogP) is 0.274. The SMILES string of the molecule is OCC1CN(c2cc(N3CCCC3)ncn2)CCO1. The minimum Gasteiger partial charge on any atom is -0.394 e. The van der Waals surface area contributed by atoms with E-state index in [2.05, 4.69) is 19.8 Å². The van der Waals surface area contributed by atoms with Gasteiger partial charge < -0.3 is 19.6 Å². The number of nitrogens with zero attached hydrogens (tertiary/aromatic N) is 4. The van der Waals surface area contributed by atoms with Crippen LogP contribution in [0.4, 0.5) is 11.6 Å². The Balaban J connectivity index is 1.74. The molecule has 0 radical (unpaired) electrons. The highest BCUT2D eigenvalue weighted by molar-refractivity contribution is 5.50. The summed E-state index contributed by atoms with van der Waals surface area (Å²) in [6.45, 7) is 4.35. The molecule has 2 saturated heterocycles. The second-order valence-corrected chi connectivity index (χ2v) is 5.05. The van der Waals surface area contributed by atoms with Crippen LogP contribution in [0.25, 0.3) is 0 Å². The highest BCUT2D eigenvalue weighted by atomic mass is 16.5. The lowest BCUT2D eigenvalue weighted by atomic mass is 10.3. The Morgan fingerprint density at radius 3 is 2.63 bits per heavy atom. The summed E-state index contributed by atoms with van der Waals surface area (Å²) in [5, 5.41) is 9.19. The molecule has 2 fully saturated rings. The van der Waals surface area contributed by atoms with E-state index in [1.54, 1.807) is 6.33 Å². The fraction of sp³-hybridized carbons (Fsp3) is 0.692. The molecule has 3 heterocycles. The van der Waals surface area contributed by atoms with Crippen molar-refractivity contribution in [2.45, 2.75) is 18.9 Å². The second-order valence-electron chi connectivity index (χ2n) is 5.05. The Morgan fingerprint density at radius 2 is 1.89 bits per heavy atom. The molecule has 1 aromatic heterocycles. The van der Waals surface area contributed by atoms with E-state index in [4.69, 9.17) is 4.74 Å². The average molecular weight is 264 g/mol. The van der Waals surface area contributed by atoms with Gasteiger partial charge in [0, 0.05) is 32.2 Å². The molecule has 2 aliphatic rings. The van der Waals surface area contributed by atoms with Crippen LogP contribution in [0.15, 0.2) is 12.4 Å². The number of hydrogen-bond acceptors (Lipinski definition) is 6. The van der Waals surface area contributed by atoms with Gasteiger partial charge in [-0.05, 0) is 12.8 Å². The van der Waals surface area contributed by atoms with E-state index >= 15 is 0 Å². The normalized spacial score (nSPS) is 23.9. The summed E-state index contributed by atoms with van der Waals surface area (Å²) < 4.78 is 5.46. The predicted molar refractivity (Wildman–Crippen MR) is 72.5 cm³/mol. The fourth-order valence-corrected chi connectivity index (χ4v) is 2.67. The first-order chi connectivity index (χ1) is 9.36. The van der Waals surface area contributed by atoms with Gasteiger partial charge in [0.25, 0.3) is 0 Å². The van der Waals surface area contributed by atoms with E-state index in [0.717, 1.165) is 31.3 Å². The molecule has 1 atom stereocenters. The molecule has 0 spiro atoms. The van der Waals surface area contributed by atoms with Crippen molar-refractivity contribution < 1.29 is 9.84 Å². The van der Waals surface area contributed by atoms with Gasteiger partial charge in [-0.25, -0.2) is 9.97 Å². The Kier molecular flexibility index (Phi) is 3.79. The van der Waals surface area contributed by atoms with Crippen LogP contribution in [0.3, 0.4) is 0 Å². The number of anilines is 2. The molecule has 0 bridgehead atoms. The van der Waals surface area contributed by atoms with E-state index in [1.165, 1.54) is 12.8 Å². The number of rotatable bonds is 3. The molecule has 0 amide bonds. The Hall–Kier alpha value is -1.40. The number of aliphatic hydroxyl groups excluding tert-OH is 1. The van der Waals surface area contributed by atoms with E-state index in [-0.39, 0.29) is 12.7 Å². The largest absolute Gasteiger partial charge is 0.394 e. The number of morpholine rings is 1. The minimum atomic E-state index is -0.112. The number of hydrogen-bond donors (Lipinski definition) is 1. The van der Waals surface area contributed by atoms with Gasteiger partial charge in [-0.15, -0.1) is 0 Å². The summed E-state index contributed by atoms with van der Waals surface area (Å²) in [7, 11) is 0. The summed E-state index contributed by atoms with van der Waals surface area (Å²) in [4.78, 5) is 13.2. The van der Waals surface area contributed by atoms with Crippen LogP contribution in [-0.4, -0.2) is 60.6 Å². The van der Waals surface area contributed by atoms with Crippen LogP contribution >= 0.6 is 0 Å². The first kappa shape index (κ1) is 12.6. The first-order valence-electron chi connectivity index (χ1n) is 6.91. The maximum atomic E-state index is 9.19. The maximum absolute atomic E-state index is 9.19. The topological polar surface area (TPSA) is 61.7 Å². The third-order valence-corrected chi connectivity index (χ3v) is 3.73. The lowest BCUT2D eigenvalue weighted by Crippen LogP contribution is -2.44. The zero-order valence-corrected chi connectivity index (χ0v) is 11.0. The third kappa shape index (κ3) is 2.79. The van der Waals surface area contributed by atoms with Crippen molar-refractivity contribution in [1.29, 1.82) is 0 Å². The van der Waals surface area contributed by atoms with Crippen molar-refractivity contribution in [1.82, 2.24) is 9.97 Å². The van der Waals surface area contributed by atoms with Gasteiger partial charge in [-0.1, -0.05) is 0 Å². The molecule has 3 rings (SSSR count). The molecule has 6 nitrogen and oxygen atoms in total. The molecule has 104 valence electrons. The Morgan fingerprint density at radius 1 is 1.16 bits per heavy atom. The van der Waals surface area contributed by atoms with Crippen molar-refractivity contribution in [3.05, 3.63) is 12.4 Å². The van der Waals surface area contributed by atoms with Crippen LogP contribution in [0.5, 0.6) is 0 Å². The molecule has 6 heteroatoms. The van der Waals surface area contributed by atoms with Crippen LogP contribution in [0.1, 0.15) is 12.8 Å². The Bertz CT molecular complexity index is 423. The van der Waals surface area contributed by atoms with Crippen LogP contribution < -0.4 is 9.80 Å². The lowest BCUT2D eigenvalue weighted by molar-refractivity contribution is 0.00336. The maximum Gasteiger partial charge on any atom is 0.134 e. The summed E-state index contributed by atoms with van der Waals surface area (Å²) >= 11 is 0. The number of aliphatic hydroxyl groups is 1. The number of ether oxygens (including phenoxy) is 1.